The Balaban J connectivity index is 1.75. The average Bonchev–Trinajstić information content (AvgIpc) is 2.37. The van der Waals surface area contributed by atoms with Gasteiger partial charge < -0.3 is 10.1 Å². The molecule has 1 unspecified atom stereocenters. The van der Waals surface area contributed by atoms with Gasteiger partial charge in [0.1, 0.15) is 5.75 Å². The molecule has 0 radical (unpaired) electrons. The molecular weight excluding hydrogens is 255 g/mol. The van der Waals surface area contributed by atoms with E-state index in [0.29, 0.717) is 25.6 Å². The van der Waals surface area contributed by atoms with E-state index < -0.39 is 12.6 Å². The summed E-state index contributed by atoms with van der Waals surface area (Å²) in [5.41, 5.74) is 1.15. The molecule has 2 nitrogen and oxygen atoms in total. The Bertz CT molecular complexity index is 406. The number of hydrogen-bond donors (Lipinski definition) is 1. The summed E-state index contributed by atoms with van der Waals surface area (Å²) >= 11 is 0. The van der Waals surface area contributed by atoms with Gasteiger partial charge in [0, 0.05) is 18.9 Å². The molecule has 0 saturated heterocycles. The van der Waals surface area contributed by atoms with Crippen LogP contribution in [0.2, 0.25) is 0 Å². The molecule has 0 aromatic heterocycles. The van der Waals surface area contributed by atoms with Crippen LogP contribution in [-0.2, 0) is 0 Å². The first-order chi connectivity index (χ1) is 9.06. The van der Waals surface area contributed by atoms with Crippen LogP contribution in [0.5, 0.6) is 5.75 Å². The first kappa shape index (κ1) is 14.2. The highest BCUT2D eigenvalue weighted by Crippen LogP contribution is 2.32. The second kappa shape index (κ2) is 6.28. The van der Waals surface area contributed by atoms with Crippen LogP contribution < -0.4 is 10.1 Å². The zero-order valence-corrected chi connectivity index (χ0v) is 10.7. The van der Waals surface area contributed by atoms with Crippen LogP contribution in [0.3, 0.4) is 0 Å². The summed E-state index contributed by atoms with van der Waals surface area (Å²) in [4.78, 5) is 0. The summed E-state index contributed by atoms with van der Waals surface area (Å²) < 4.78 is 41.5. The minimum Gasteiger partial charge on any atom is -0.493 e. The summed E-state index contributed by atoms with van der Waals surface area (Å²) in [6.07, 6.45) is -3.73. The van der Waals surface area contributed by atoms with Gasteiger partial charge >= 0.3 is 6.18 Å². The van der Waals surface area contributed by atoms with Crippen molar-refractivity contribution < 1.29 is 17.9 Å². The van der Waals surface area contributed by atoms with Crippen LogP contribution in [0.1, 0.15) is 30.7 Å². The van der Waals surface area contributed by atoms with Gasteiger partial charge in [-0.05, 0) is 31.0 Å². The maximum Gasteiger partial charge on any atom is 0.389 e. The third-order valence-electron chi connectivity index (χ3n) is 3.29. The summed E-state index contributed by atoms with van der Waals surface area (Å²) in [6.45, 7) is 1.78. The van der Waals surface area contributed by atoms with E-state index in [2.05, 4.69) is 5.32 Å². The smallest absolute Gasteiger partial charge is 0.389 e. The van der Waals surface area contributed by atoms with Gasteiger partial charge in [0.2, 0.25) is 0 Å². The summed E-state index contributed by atoms with van der Waals surface area (Å²) in [7, 11) is 0. The van der Waals surface area contributed by atoms with Crippen molar-refractivity contribution in [1.82, 2.24) is 5.32 Å². The summed E-state index contributed by atoms with van der Waals surface area (Å²) in [5, 5.41) is 3.11. The first-order valence-electron chi connectivity index (χ1n) is 6.55. The predicted octanol–water partition coefficient (Wildman–Crippen LogP) is 3.48. The highest BCUT2D eigenvalue weighted by Gasteiger charge is 2.26. The third-order valence-corrected chi connectivity index (χ3v) is 3.29. The Morgan fingerprint density at radius 1 is 1.26 bits per heavy atom. The number of benzene rings is 1. The van der Waals surface area contributed by atoms with Gasteiger partial charge in [0.15, 0.2) is 0 Å². The number of para-hydroxylation sites is 1. The lowest BCUT2D eigenvalue weighted by molar-refractivity contribution is -0.135. The van der Waals surface area contributed by atoms with Gasteiger partial charge in [-0.1, -0.05) is 18.2 Å². The van der Waals surface area contributed by atoms with Crippen LogP contribution in [0, 0.1) is 0 Å². The number of halogens is 3. The van der Waals surface area contributed by atoms with Crippen LogP contribution in [-0.4, -0.2) is 25.9 Å². The standard InChI is InChI=1S/C14H18F3NO/c15-14(16,17)7-3-8-18-10-11-6-9-19-13-5-2-1-4-12(11)13/h1-2,4-5,11,18H,3,6-10H2. The Labute approximate surface area is 111 Å². The lowest BCUT2D eigenvalue weighted by Crippen LogP contribution is -2.27. The van der Waals surface area contributed by atoms with Crippen molar-refractivity contribution in [3.63, 3.8) is 0 Å². The first-order valence-corrected chi connectivity index (χ1v) is 6.55. The molecule has 0 saturated carbocycles. The topological polar surface area (TPSA) is 21.3 Å². The molecule has 2 rings (SSSR count). The fourth-order valence-electron chi connectivity index (χ4n) is 2.32. The Morgan fingerprint density at radius 3 is 2.84 bits per heavy atom. The highest BCUT2D eigenvalue weighted by atomic mass is 19.4. The molecule has 0 amide bonds. The molecule has 1 aromatic rings. The van der Waals surface area contributed by atoms with Crippen molar-refractivity contribution in [3.8, 4) is 5.75 Å². The lowest BCUT2D eigenvalue weighted by Gasteiger charge is -2.26. The quantitative estimate of drug-likeness (QED) is 0.829. The Kier molecular flexibility index (Phi) is 4.69. The van der Waals surface area contributed by atoms with Crippen molar-refractivity contribution in [2.24, 2.45) is 0 Å². The maximum atomic E-state index is 12.0. The molecule has 0 spiro atoms. The van der Waals surface area contributed by atoms with Crippen molar-refractivity contribution in [2.45, 2.75) is 31.4 Å². The van der Waals surface area contributed by atoms with Crippen molar-refractivity contribution >= 4 is 0 Å². The number of alkyl halides is 3. The number of nitrogens with one attached hydrogen (secondary N) is 1. The molecule has 1 atom stereocenters. The van der Waals surface area contributed by atoms with Gasteiger partial charge in [-0.15, -0.1) is 0 Å². The van der Waals surface area contributed by atoms with Crippen molar-refractivity contribution in [1.29, 1.82) is 0 Å². The van der Waals surface area contributed by atoms with E-state index >= 15 is 0 Å². The molecule has 1 aromatic carbocycles. The third kappa shape index (κ3) is 4.42. The van der Waals surface area contributed by atoms with Crippen LogP contribution in [0.25, 0.3) is 0 Å². The van der Waals surface area contributed by atoms with Gasteiger partial charge in [0.25, 0.3) is 0 Å². The molecule has 1 aliphatic rings. The molecule has 0 fully saturated rings. The van der Waals surface area contributed by atoms with Crippen LogP contribution >= 0.6 is 0 Å². The Hall–Kier alpha value is -1.23. The molecule has 1 aliphatic heterocycles. The fourth-order valence-corrected chi connectivity index (χ4v) is 2.32. The summed E-state index contributed by atoms with van der Waals surface area (Å²) in [5.74, 6) is 1.23. The van der Waals surface area contributed by atoms with E-state index in [1.54, 1.807) is 0 Å². The molecule has 106 valence electrons. The second-order valence-corrected chi connectivity index (χ2v) is 4.79. The monoisotopic (exact) mass is 273 g/mol. The number of rotatable bonds is 5. The molecule has 1 heterocycles. The van der Waals surface area contributed by atoms with Gasteiger partial charge in [0.05, 0.1) is 6.61 Å². The fraction of sp³-hybridized carbons (Fsp3) is 0.571. The second-order valence-electron chi connectivity index (χ2n) is 4.79. The van der Waals surface area contributed by atoms with Crippen LogP contribution in [0.15, 0.2) is 24.3 Å². The van der Waals surface area contributed by atoms with E-state index in [0.717, 1.165) is 17.7 Å². The van der Waals surface area contributed by atoms with E-state index in [9.17, 15) is 13.2 Å². The largest absolute Gasteiger partial charge is 0.493 e. The molecular formula is C14H18F3NO. The molecule has 19 heavy (non-hydrogen) atoms. The predicted molar refractivity (Wildman–Crippen MR) is 67.5 cm³/mol. The van der Waals surface area contributed by atoms with E-state index in [1.807, 2.05) is 24.3 Å². The lowest BCUT2D eigenvalue weighted by atomic mass is 9.93. The number of fused-ring (bicyclic) bond motifs is 1. The van der Waals surface area contributed by atoms with Gasteiger partial charge in [-0.2, -0.15) is 13.2 Å². The average molecular weight is 273 g/mol. The van der Waals surface area contributed by atoms with E-state index in [4.69, 9.17) is 4.74 Å². The zero-order chi connectivity index (χ0) is 13.7. The Morgan fingerprint density at radius 2 is 2.05 bits per heavy atom. The molecule has 0 aliphatic carbocycles. The maximum absolute atomic E-state index is 12.0. The SMILES string of the molecule is FC(F)(F)CCCNCC1CCOc2ccccc21. The molecule has 5 heteroatoms. The van der Waals surface area contributed by atoms with Gasteiger partial charge in [-0.25, -0.2) is 0 Å². The normalized spacial score (nSPS) is 18.8. The summed E-state index contributed by atoms with van der Waals surface area (Å²) in [6, 6.07) is 7.85. The van der Waals surface area contributed by atoms with E-state index in [-0.39, 0.29) is 6.42 Å². The van der Waals surface area contributed by atoms with Crippen LogP contribution in [0.4, 0.5) is 13.2 Å². The minimum absolute atomic E-state index is 0.133. The van der Waals surface area contributed by atoms with Crippen molar-refractivity contribution in [2.75, 3.05) is 19.7 Å². The van der Waals surface area contributed by atoms with Gasteiger partial charge in [-0.3, -0.25) is 0 Å². The van der Waals surface area contributed by atoms with E-state index in [1.165, 1.54) is 0 Å². The van der Waals surface area contributed by atoms with Crippen molar-refractivity contribution in [3.05, 3.63) is 29.8 Å². The zero-order valence-electron chi connectivity index (χ0n) is 10.7. The number of hydrogen-bond acceptors (Lipinski definition) is 2. The highest BCUT2D eigenvalue weighted by molar-refractivity contribution is 5.37. The number of ether oxygens (including phenoxy) is 1. The minimum atomic E-state index is -4.05. The molecule has 0 bridgehead atoms. The molecule has 1 N–H and O–H groups in total.